The summed E-state index contributed by atoms with van der Waals surface area (Å²) in [5, 5.41) is 12.1. The van der Waals surface area contributed by atoms with Crippen LogP contribution in [0, 0.1) is 13.8 Å². The van der Waals surface area contributed by atoms with Crippen molar-refractivity contribution in [1.29, 1.82) is 0 Å². The fourth-order valence-corrected chi connectivity index (χ4v) is 3.18. The van der Waals surface area contributed by atoms with Crippen LogP contribution >= 0.6 is 0 Å². The molecule has 0 fully saturated rings. The Morgan fingerprint density at radius 2 is 1.88 bits per heavy atom. The van der Waals surface area contributed by atoms with Crippen LogP contribution < -0.4 is 5.32 Å². The molecule has 0 aromatic heterocycles. The Kier molecular flexibility index (Phi) is 4.75. The minimum absolute atomic E-state index is 0.178. The van der Waals surface area contributed by atoms with Gasteiger partial charge in [0.25, 0.3) is 5.91 Å². The lowest BCUT2D eigenvalue weighted by molar-refractivity contribution is -0.142. The molecule has 0 radical (unpaired) electrons. The number of carbonyl (C=O) groups is 3. The maximum Gasteiger partial charge on any atom is 0.330 e. The maximum absolute atomic E-state index is 12.4. The van der Waals surface area contributed by atoms with Crippen LogP contribution in [0.2, 0.25) is 0 Å². The smallest absolute Gasteiger partial charge is 0.330 e. The Morgan fingerprint density at radius 3 is 2.58 bits per heavy atom. The van der Waals surface area contributed by atoms with Crippen LogP contribution in [0.15, 0.2) is 42.5 Å². The molecule has 0 spiro atoms. The van der Waals surface area contributed by atoms with Crippen molar-refractivity contribution >= 4 is 17.8 Å². The van der Waals surface area contributed by atoms with Crippen molar-refractivity contribution in [2.24, 2.45) is 0 Å². The molecule has 1 aliphatic rings. The van der Waals surface area contributed by atoms with Gasteiger partial charge in [0.1, 0.15) is 6.54 Å². The van der Waals surface area contributed by atoms with Crippen LogP contribution in [0.5, 0.6) is 0 Å². The molecule has 2 aromatic carbocycles. The Hall–Kier alpha value is -3.15. The number of carbonyl (C=O) groups excluding carboxylic acids is 2. The molecule has 2 aromatic rings. The first-order valence-electron chi connectivity index (χ1n) is 8.34. The Bertz CT molecular complexity index is 891. The van der Waals surface area contributed by atoms with Crippen LogP contribution in [-0.2, 0) is 16.1 Å². The normalized spacial score (nSPS) is 14.1. The Morgan fingerprint density at radius 1 is 1.15 bits per heavy atom. The van der Waals surface area contributed by atoms with Gasteiger partial charge in [-0.05, 0) is 42.2 Å². The van der Waals surface area contributed by atoms with E-state index in [0.717, 1.165) is 16.7 Å². The van der Waals surface area contributed by atoms with Gasteiger partial charge in [0, 0.05) is 12.1 Å². The van der Waals surface area contributed by atoms with E-state index in [-0.39, 0.29) is 12.5 Å². The lowest BCUT2D eigenvalue weighted by atomic mass is 9.97. The van der Waals surface area contributed by atoms with E-state index in [4.69, 9.17) is 0 Å². The fraction of sp³-hybridized carbons (Fsp3) is 0.250. The first-order chi connectivity index (χ1) is 12.4. The van der Waals surface area contributed by atoms with Crippen LogP contribution in [-0.4, -0.2) is 34.3 Å². The van der Waals surface area contributed by atoms with E-state index < -0.39 is 17.9 Å². The van der Waals surface area contributed by atoms with Crippen molar-refractivity contribution in [3.8, 4) is 0 Å². The van der Waals surface area contributed by atoms with Gasteiger partial charge in [-0.3, -0.25) is 9.59 Å². The molecule has 134 valence electrons. The zero-order chi connectivity index (χ0) is 18.8. The zero-order valence-electron chi connectivity index (χ0n) is 14.7. The number of nitrogens with one attached hydrogen (secondary N) is 1. The highest BCUT2D eigenvalue weighted by atomic mass is 16.4. The molecule has 6 heteroatoms. The average molecular weight is 352 g/mol. The van der Waals surface area contributed by atoms with Crippen molar-refractivity contribution in [2.45, 2.75) is 26.4 Å². The fourth-order valence-electron chi connectivity index (χ4n) is 3.18. The first kappa shape index (κ1) is 17.7. The number of amides is 2. The van der Waals surface area contributed by atoms with Crippen molar-refractivity contribution in [1.82, 2.24) is 10.2 Å². The number of benzene rings is 2. The SMILES string of the molecule is Cc1cccc(C(NC(=O)CN2Cc3ccccc3C2=O)C(=O)O)c1C. The van der Waals surface area contributed by atoms with Crippen molar-refractivity contribution < 1.29 is 19.5 Å². The van der Waals surface area contributed by atoms with E-state index in [1.165, 1.54) is 4.90 Å². The summed E-state index contributed by atoms with van der Waals surface area (Å²) in [4.78, 5) is 37.9. The predicted octanol–water partition coefficient (Wildman–Crippen LogP) is 2.20. The van der Waals surface area contributed by atoms with E-state index in [0.29, 0.717) is 17.7 Å². The zero-order valence-corrected chi connectivity index (χ0v) is 14.7. The quantitative estimate of drug-likeness (QED) is 0.864. The largest absolute Gasteiger partial charge is 0.479 e. The molecule has 6 nitrogen and oxygen atoms in total. The van der Waals surface area contributed by atoms with Gasteiger partial charge in [-0.15, -0.1) is 0 Å². The number of carboxylic acids is 1. The highest BCUT2D eigenvalue weighted by Crippen LogP contribution is 2.23. The summed E-state index contributed by atoms with van der Waals surface area (Å²) in [5.74, 6) is -1.85. The van der Waals surface area contributed by atoms with Crippen molar-refractivity contribution in [3.63, 3.8) is 0 Å². The third-order valence-corrected chi connectivity index (χ3v) is 4.74. The number of rotatable bonds is 5. The van der Waals surface area contributed by atoms with E-state index in [1.54, 1.807) is 24.3 Å². The molecule has 1 atom stereocenters. The predicted molar refractivity (Wildman–Crippen MR) is 95.6 cm³/mol. The highest BCUT2D eigenvalue weighted by molar-refractivity contribution is 6.00. The molecule has 2 amide bonds. The third kappa shape index (κ3) is 3.31. The van der Waals surface area contributed by atoms with Gasteiger partial charge in [0.15, 0.2) is 6.04 Å². The second-order valence-electron chi connectivity index (χ2n) is 6.45. The summed E-state index contributed by atoms with van der Waals surface area (Å²) in [6, 6.07) is 11.4. The molecule has 0 saturated heterocycles. The van der Waals surface area contributed by atoms with Gasteiger partial charge in [0.05, 0.1) is 0 Å². The summed E-state index contributed by atoms with van der Waals surface area (Å²) < 4.78 is 0. The monoisotopic (exact) mass is 352 g/mol. The molecule has 0 bridgehead atoms. The molecule has 2 N–H and O–H groups in total. The lowest BCUT2D eigenvalue weighted by Crippen LogP contribution is -2.41. The topological polar surface area (TPSA) is 86.7 Å². The highest BCUT2D eigenvalue weighted by Gasteiger charge is 2.30. The number of fused-ring (bicyclic) bond motifs is 1. The standard InChI is InChI=1S/C20H20N2O4/c1-12-6-5-9-15(13(12)2)18(20(25)26)21-17(23)11-22-10-14-7-3-4-8-16(14)19(22)24/h3-9,18H,10-11H2,1-2H3,(H,21,23)(H,25,26). The minimum atomic E-state index is -1.15. The Labute approximate surface area is 151 Å². The van der Waals surface area contributed by atoms with Crippen LogP contribution in [0.3, 0.4) is 0 Å². The first-order valence-corrected chi connectivity index (χ1v) is 8.34. The molecule has 1 heterocycles. The van der Waals surface area contributed by atoms with Gasteiger partial charge < -0.3 is 15.3 Å². The maximum atomic E-state index is 12.4. The molecule has 1 unspecified atom stereocenters. The summed E-state index contributed by atoms with van der Waals surface area (Å²) in [7, 11) is 0. The lowest BCUT2D eigenvalue weighted by Gasteiger charge is -2.20. The summed E-state index contributed by atoms with van der Waals surface area (Å²) in [5.41, 5.74) is 3.78. The second-order valence-corrected chi connectivity index (χ2v) is 6.45. The number of carboxylic acid groups (broad SMARTS) is 1. The number of aryl methyl sites for hydroxylation is 1. The molecule has 0 saturated carbocycles. The summed E-state index contributed by atoms with van der Waals surface area (Å²) in [6.45, 7) is 3.89. The van der Waals surface area contributed by atoms with E-state index in [2.05, 4.69) is 5.32 Å². The van der Waals surface area contributed by atoms with Crippen LogP contribution in [0.1, 0.15) is 38.7 Å². The van der Waals surface area contributed by atoms with Crippen LogP contribution in [0.4, 0.5) is 0 Å². The van der Waals surface area contributed by atoms with Crippen molar-refractivity contribution in [3.05, 3.63) is 70.3 Å². The molecular weight excluding hydrogens is 332 g/mol. The van der Waals surface area contributed by atoms with Gasteiger partial charge >= 0.3 is 5.97 Å². The molecule has 26 heavy (non-hydrogen) atoms. The second kappa shape index (κ2) is 7.00. The van der Waals surface area contributed by atoms with E-state index in [1.807, 2.05) is 32.0 Å². The van der Waals surface area contributed by atoms with Gasteiger partial charge in [0.2, 0.25) is 5.91 Å². The average Bonchev–Trinajstić information content (AvgIpc) is 2.91. The molecule has 1 aliphatic heterocycles. The van der Waals surface area contributed by atoms with Gasteiger partial charge in [-0.2, -0.15) is 0 Å². The summed E-state index contributed by atoms with van der Waals surface area (Å²) in [6.07, 6.45) is 0. The molecular formula is C20H20N2O4. The number of nitrogens with zero attached hydrogens (tertiary/aromatic N) is 1. The molecule has 3 rings (SSSR count). The molecule has 0 aliphatic carbocycles. The van der Waals surface area contributed by atoms with Gasteiger partial charge in [-0.1, -0.05) is 36.4 Å². The third-order valence-electron chi connectivity index (χ3n) is 4.74. The summed E-state index contributed by atoms with van der Waals surface area (Å²) >= 11 is 0. The van der Waals surface area contributed by atoms with E-state index >= 15 is 0 Å². The van der Waals surface area contributed by atoms with Crippen LogP contribution in [0.25, 0.3) is 0 Å². The number of hydrogen-bond acceptors (Lipinski definition) is 3. The van der Waals surface area contributed by atoms with Crippen molar-refractivity contribution in [2.75, 3.05) is 6.54 Å². The number of aliphatic carboxylic acids is 1. The Balaban J connectivity index is 1.73. The minimum Gasteiger partial charge on any atom is -0.479 e. The van der Waals surface area contributed by atoms with Gasteiger partial charge in [-0.25, -0.2) is 4.79 Å². The number of hydrogen-bond donors (Lipinski definition) is 2. The van der Waals surface area contributed by atoms with E-state index in [9.17, 15) is 19.5 Å².